The topological polar surface area (TPSA) is 48.9 Å². The highest BCUT2D eigenvalue weighted by atomic mass is 127. The second-order valence-corrected chi connectivity index (χ2v) is 7.61. The molecule has 5 nitrogen and oxygen atoms in total. The second kappa shape index (κ2) is 11.3. The number of ether oxygens (including phenoxy) is 1. The summed E-state index contributed by atoms with van der Waals surface area (Å²) in [6.45, 7) is 10.8. The number of aliphatic imine (C=N–C) groups is 1. The number of likely N-dealkylation sites (N-methyl/N-ethyl adjacent to an activating group) is 1. The molecule has 1 saturated heterocycles. The highest BCUT2D eigenvalue weighted by Crippen LogP contribution is 2.16. The van der Waals surface area contributed by atoms with Gasteiger partial charge in [0.2, 0.25) is 0 Å². The summed E-state index contributed by atoms with van der Waals surface area (Å²) in [6, 6.07) is 4.75. The lowest BCUT2D eigenvalue weighted by Crippen LogP contribution is -2.45. The Morgan fingerprint density at radius 3 is 2.92 bits per heavy atom. The Hall–Kier alpha value is -0.380. The molecule has 0 spiro atoms. The van der Waals surface area contributed by atoms with Crippen LogP contribution in [0.4, 0.5) is 0 Å². The molecule has 0 bridgehead atoms. The smallest absolute Gasteiger partial charge is 0.191 e. The molecule has 1 aromatic heterocycles. The van der Waals surface area contributed by atoms with Crippen LogP contribution in [0.2, 0.25) is 0 Å². The van der Waals surface area contributed by atoms with Gasteiger partial charge in [-0.2, -0.15) is 0 Å². The van der Waals surface area contributed by atoms with Crippen LogP contribution < -0.4 is 10.6 Å². The SMILES string of the molecule is CCNC(=NCC1CN(C)CCO1)NC(C)Cc1ccc(C)s1.I. The zero-order valence-electron chi connectivity index (χ0n) is 15.2. The maximum Gasteiger partial charge on any atom is 0.191 e. The number of rotatable bonds is 6. The van der Waals surface area contributed by atoms with E-state index in [4.69, 9.17) is 9.73 Å². The Kier molecular flexibility index (Phi) is 10.2. The molecule has 1 aliphatic rings. The summed E-state index contributed by atoms with van der Waals surface area (Å²) in [6.07, 6.45) is 1.21. The lowest BCUT2D eigenvalue weighted by atomic mass is 10.2. The van der Waals surface area contributed by atoms with Crippen molar-refractivity contribution in [1.82, 2.24) is 15.5 Å². The van der Waals surface area contributed by atoms with E-state index in [9.17, 15) is 0 Å². The van der Waals surface area contributed by atoms with Crippen molar-refractivity contribution in [1.29, 1.82) is 0 Å². The van der Waals surface area contributed by atoms with Crippen molar-refractivity contribution in [2.75, 3.05) is 39.8 Å². The number of morpholine rings is 1. The second-order valence-electron chi connectivity index (χ2n) is 6.24. The summed E-state index contributed by atoms with van der Waals surface area (Å²) in [5, 5.41) is 6.83. The summed E-state index contributed by atoms with van der Waals surface area (Å²) in [5.41, 5.74) is 0. The van der Waals surface area contributed by atoms with E-state index in [0.717, 1.165) is 38.6 Å². The van der Waals surface area contributed by atoms with Crippen molar-refractivity contribution >= 4 is 41.3 Å². The Bertz CT molecular complexity index is 509. The molecule has 2 N–H and O–H groups in total. The number of halogens is 1. The van der Waals surface area contributed by atoms with Gasteiger partial charge >= 0.3 is 0 Å². The average Bonchev–Trinajstić information content (AvgIpc) is 2.90. The van der Waals surface area contributed by atoms with Crippen LogP contribution in [0, 0.1) is 6.92 Å². The van der Waals surface area contributed by atoms with Gasteiger partial charge in [0.25, 0.3) is 0 Å². The van der Waals surface area contributed by atoms with Gasteiger partial charge in [0, 0.05) is 41.9 Å². The molecule has 2 rings (SSSR count). The van der Waals surface area contributed by atoms with Crippen LogP contribution in [0.3, 0.4) is 0 Å². The number of thiophene rings is 1. The first-order valence-corrected chi connectivity index (χ1v) is 9.28. The Labute approximate surface area is 167 Å². The van der Waals surface area contributed by atoms with Crippen molar-refractivity contribution in [3.05, 3.63) is 21.9 Å². The maximum atomic E-state index is 5.78. The average molecular weight is 466 g/mol. The van der Waals surface area contributed by atoms with Crippen LogP contribution >= 0.6 is 35.3 Å². The van der Waals surface area contributed by atoms with E-state index in [1.54, 1.807) is 0 Å². The minimum absolute atomic E-state index is 0. The number of nitrogens with zero attached hydrogens (tertiary/aromatic N) is 2. The zero-order chi connectivity index (χ0) is 16.7. The number of guanidine groups is 1. The molecule has 7 heteroatoms. The predicted molar refractivity (Wildman–Crippen MR) is 114 cm³/mol. The van der Waals surface area contributed by atoms with Gasteiger partial charge in [-0.25, -0.2) is 0 Å². The predicted octanol–water partition coefficient (Wildman–Crippen LogP) is 2.49. The molecular formula is C17H31IN4OS. The van der Waals surface area contributed by atoms with Crippen LogP contribution in [0.25, 0.3) is 0 Å². The molecule has 0 radical (unpaired) electrons. The standard InChI is InChI=1S/C17H30N4OS.HI/c1-5-18-17(19-11-15-12-21(4)8-9-22-15)20-13(2)10-16-7-6-14(3)23-16;/h6-7,13,15H,5,8-12H2,1-4H3,(H2,18,19,20);1H. The van der Waals surface area contributed by atoms with E-state index in [0.29, 0.717) is 12.6 Å². The largest absolute Gasteiger partial charge is 0.374 e. The molecule has 2 heterocycles. The molecule has 1 aliphatic heterocycles. The first-order chi connectivity index (χ1) is 11.1. The van der Waals surface area contributed by atoms with Crippen LogP contribution in [0.5, 0.6) is 0 Å². The first kappa shape index (κ1) is 21.7. The molecule has 24 heavy (non-hydrogen) atoms. The third-order valence-corrected chi connectivity index (χ3v) is 4.85. The highest BCUT2D eigenvalue weighted by molar-refractivity contribution is 14.0. The molecule has 2 unspecified atom stereocenters. The lowest BCUT2D eigenvalue weighted by molar-refractivity contribution is -0.0136. The van der Waals surface area contributed by atoms with E-state index in [2.05, 4.69) is 55.5 Å². The van der Waals surface area contributed by atoms with E-state index in [1.807, 2.05) is 11.3 Å². The summed E-state index contributed by atoms with van der Waals surface area (Å²) in [4.78, 5) is 9.78. The summed E-state index contributed by atoms with van der Waals surface area (Å²) >= 11 is 1.87. The summed E-state index contributed by atoms with van der Waals surface area (Å²) < 4.78 is 5.78. The van der Waals surface area contributed by atoms with Gasteiger partial charge in [0.05, 0.1) is 19.3 Å². The monoisotopic (exact) mass is 466 g/mol. The molecule has 1 fully saturated rings. The number of hydrogen-bond acceptors (Lipinski definition) is 4. The third-order valence-electron chi connectivity index (χ3n) is 3.83. The zero-order valence-corrected chi connectivity index (χ0v) is 18.3. The molecule has 2 atom stereocenters. The van der Waals surface area contributed by atoms with Gasteiger partial charge < -0.3 is 20.3 Å². The van der Waals surface area contributed by atoms with Crippen molar-refractivity contribution in [3.63, 3.8) is 0 Å². The molecule has 0 aromatic carbocycles. The van der Waals surface area contributed by atoms with Crippen LogP contribution in [-0.2, 0) is 11.2 Å². The Balaban J connectivity index is 0.00000288. The van der Waals surface area contributed by atoms with Gasteiger partial charge in [-0.05, 0) is 40.0 Å². The van der Waals surface area contributed by atoms with Gasteiger partial charge in [0.15, 0.2) is 5.96 Å². The maximum absolute atomic E-state index is 5.78. The number of hydrogen-bond donors (Lipinski definition) is 2. The molecule has 138 valence electrons. The fraction of sp³-hybridized carbons (Fsp3) is 0.706. The van der Waals surface area contributed by atoms with E-state index in [-0.39, 0.29) is 30.1 Å². The molecular weight excluding hydrogens is 435 g/mol. The van der Waals surface area contributed by atoms with Gasteiger partial charge in [-0.15, -0.1) is 35.3 Å². The molecule has 0 amide bonds. The van der Waals surface area contributed by atoms with Crippen LogP contribution in [-0.4, -0.2) is 62.8 Å². The Morgan fingerprint density at radius 1 is 1.50 bits per heavy atom. The van der Waals surface area contributed by atoms with Crippen LogP contribution in [0.15, 0.2) is 17.1 Å². The minimum atomic E-state index is 0. The van der Waals surface area contributed by atoms with Gasteiger partial charge in [-0.3, -0.25) is 4.99 Å². The highest BCUT2D eigenvalue weighted by Gasteiger charge is 2.17. The van der Waals surface area contributed by atoms with Crippen molar-refractivity contribution in [2.24, 2.45) is 4.99 Å². The summed E-state index contributed by atoms with van der Waals surface area (Å²) in [5.74, 6) is 0.880. The van der Waals surface area contributed by atoms with Crippen molar-refractivity contribution in [2.45, 2.75) is 39.3 Å². The molecule has 0 aliphatic carbocycles. The fourth-order valence-corrected chi connectivity index (χ4v) is 3.69. The van der Waals surface area contributed by atoms with E-state index >= 15 is 0 Å². The van der Waals surface area contributed by atoms with Gasteiger partial charge in [0.1, 0.15) is 0 Å². The number of aryl methyl sites for hydroxylation is 1. The minimum Gasteiger partial charge on any atom is -0.374 e. The van der Waals surface area contributed by atoms with E-state index < -0.39 is 0 Å². The van der Waals surface area contributed by atoms with E-state index in [1.165, 1.54) is 9.75 Å². The third kappa shape index (κ3) is 7.67. The van der Waals surface area contributed by atoms with Crippen molar-refractivity contribution < 1.29 is 4.74 Å². The normalized spacial score (nSPS) is 20.3. The van der Waals surface area contributed by atoms with Crippen LogP contribution in [0.1, 0.15) is 23.6 Å². The van der Waals surface area contributed by atoms with Crippen molar-refractivity contribution in [3.8, 4) is 0 Å². The summed E-state index contributed by atoms with van der Waals surface area (Å²) in [7, 11) is 2.13. The quantitative estimate of drug-likeness (QED) is 0.384. The Morgan fingerprint density at radius 2 is 2.29 bits per heavy atom. The van der Waals surface area contributed by atoms with Gasteiger partial charge in [-0.1, -0.05) is 0 Å². The molecule has 0 saturated carbocycles. The first-order valence-electron chi connectivity index (χ1n) is 8.47. The molecule has 1 aromatic rings. The fourth-order valence-electron chi connectivity index (χ4n) is 2.67. The number of nitrogens with one attached hydrogen (secondary N) is 2. The lowest BCUT2D eigenvalue weighted by Gasteiger charge is -2.29.